The van der Waals surface area contributed by atoms with E-state index in [4.69, 9.17) is 18.9 Å². The number of fused-ring (bicyclic) bond motifs is 6. The normalized spacial score (nSPS) is 13.6. The number of non-ortho nitro benzene ring substituents is 2. The second kappa shape index (κ2) is 10.8. The summed E-state index contributed by atoms with van der Waals surface area (Å²) < 4.78 is 24.6. The monoisotopic (exact) mass is 602 g/mol. The van der Waals surface area contributed by atoms with Gasteiger partial charge in [0, 0.05) is 53.1 Å². The van der Waals surface area contributed by atoms with Crippen molar-refractivity contribution in [2.45, 2.75) is 18.8 Å². The third-order valence-corrected chi connectivity index (χ3v) is 7.76. The van der Waals surface area contributed by atoms with Gasteiger partial charge in [-0.3, -0.25) is 20.2 Å². The summed E-state index contributed by atoms with van der Waals surface area (Å²) in [5, 5.41) is 21.9. The molecule has 0 atom stereocenters. The lowest BCUT2D eigenvalue weighted by Crippen LogP contribution is -2.33. The molecule has 0 bridgehead atoms. The maximum atomic E-state index is 13.1. The van der Waals surface area contributed by atoms with E-state index in [-0.39, 0.29) is 24.6 Å². The third-order valence-electron chi connectivity index (χ3n) is 7.76. The number of esters is 1. The predicted molar refractivity (Wildman–Crippen MR) is 160 cm³/mol. The minimum atomic E-state index is -1.27. The number of nitro benzene ring substituents is 2. The Morgan fingerprint density at radius 1 is 0.622 bits per heavy atom. The van der Waals surface area contributed by atoms with E-state index < -0.39 is 21.4 Å². The summed E-state index contributed by atoms with van der Waals surface area (Å²) in [7, 11) is 0. The number of carbonyl (C=O) groups excluding carboxylic acids is 1. The molecule has 2 aliphatic rings. The first kappa shape index (κ1) is 27.6. The molecule has 0 amide bonds. The Labute approximate surface area is 255 Å². The Morgan fingerprint density at radius 2 is 1.11 bits per heavy atom. The second-order valence-electron chi connectivity index (χ2n) is 10.5. The molecule has 11 nitrogen and oxygen atoms in total. The van der Waals surface area contributed by atoms with Gasteiger partial charge in [-0.15, -0.1) is 0 Å². The van der Waals surface area contributed by atoms with Crippen LogP contribution in [0.5, 0.6) is 23.0 Å². The second-order valence-corrected chi connectivity index (χ2v) is 10.5. The van der Waals surface area contributed by atoms with Crippen LogP contribution in [0.3, 0.4) is 0 Å². The fraction of sp³-hybridized carbons (Fsp3) is 0.0882. The summed E-state index contributed by atoms with van der Waals surface area (Å²) in [6.45, 7) is 0.327. The van der Waals surface area contributed by atoms with E-state index in [9.17, 15) is 25.0 Å². The van der Waals surface area contributed by atoms with Crippen molar-refractivity contribution in [2.75, 3.05) is 0 Å². The van der Waals surface area contributed by atoms with Crippen molar-refractivity contribution in [2.24, 2.45) is 0 Å². The van der Waals surface area contributed by atoms with Gasteiger partial charge in [0.05, 0.1) is 15.4 Å². The SMILES string of the molecule is O=C1OC2(c3ccc(OCc4ccc([N+](=O)[O-])cc4)cc3Oc3cc(OCc4ccc([N+](=O)[O-])cc4)ccc32)c2ccccc21. The summed E-state index contributed by atoms with van der Waals surface area (Å²) in [5.41, 5.74) is 2.58. The number of benzene rings is 5. The lowest BCUT2D eigenvalue weighted by molar-refractivity contribution is -0.385. The highest BCUT2D eigenvalue weighted by Crippen LogP contribution is 2.57. The van der Waals surface area contributed by atoms with Crippen LogP contribution in [0.4, 0.5) is 11.4 Å². The lowest BCUT2D eigenvalue weighted by atomic mass is 9.77. The minimum absolute atomic E-state index is 0.00706. The molecule has 0 saturated carbocycles. The molecular formula is C34H22N2O9. The van der Waals surface area contributed by atoms with Gasteiger partial charge in [-0.05, 0) is 65.7 Å². The molecule has 0 aromatic heterocycles. The molecule has 2 heterocycles. The molecule has 1 spiro atoms. The first-order chi connectivity index (χ1) is 21.8. The van der Waals surface area contributed by atoms with E-state index >= 15 is 0 Å². The van der Waals surface area contributed by atoms with Gasteiger partial charge in [0.1, 0.15) is 36.2 Å². The first-order valence-electron chi connectivity index (χ1n) is 13.8. The standard InChI is InChI=1S/C34H22N2O9/c37-33-27-3-1-2-4-28(27)34(45-33)29-15-13-25(42-19-21-5-9-23(10-6-21)35(38)39)17-31(29)44-32-18-26(14-16-30(32)34)43-20-22-7-11-24(12-8-22)36(40)41/h1-18H,19-20H2. The number of nitro groups is 2. The van der Waals surface area contributed by atoms with E-state index in [0.717, 1.165) is 11.1 Å². The molecule has 11 heteroatoms. The topological polar surface area (TPSA) is 140 Å². The molecule has 0 unspecified atom stereocenters. The highest BCUT2D eigenvalue weighted by atomic mass is 16.6. The number of nitrogens with zero attached hydrogens (tertiary/aromatic N) is 2. The lowest BCUT2D eigenvalue weighted by Gasteiger charge is -2.36. The summed E-state index contributed by atoms with van der Waals surface area (Å²) in [6, 6.07) is 30.0. The van der Waals surface area contributed by atoms with Crippen molar-refractivity contribution < 1.29 is 33.6 Å². The van der Waals surface area contributed by atoms with Gasteiger partial charge in [0.25, 0.3) is 11.4 Å². The zero-order valence-electron chi connectivity index (χ0n) is 23.4. The molecule has 5 aromatic rings. The van der Waals surface area contributed by atoms with Crippen molar-refractivity contribution in [3.05, 3.63) is 163 Å². The molecule has 0 saturated heterocycles. The van der Waals surface area contributed by atoms with Crippen LogP contribution in [-0.2, 0) is 23.6 Å². The fourth-order valence-electron chi connectivity index (χ4n) is 5.58. The average Bonchev–Trinajstić information content (AvgIpc) is 3.35. The molecule has 0 N–H and O–H groups in total. The molecule has 0 aliphatic carbocycles. The molecule has 2 aliphatic heterocycles. The van der Waals surface area contributed by atoms with Crippen LogP contribution in [0, 0.1) is 20.2 Å². The van der Waals surface area contributed by atoms with Crippen LogP contribution in [-0.4, -0.2) is 15.8 Å². The Morgan fingerprint density at radius 3 is 1.60 bits per heavy atom. The zero-order chi connectivity index (χ0) is 31.1. The number of rotatable bonds is 8. The van der Waals surface area contributed by atoms with Crippen LogP contribution in [0.25, 0.3) is 0 Å². The van der Waals surface area contributed by atoms with Crippen molar-refractivity contribution in [1.29, 1.82) is 0 Å². The summed E-state index contributed by atoms with van der Waals surface area (Å²) in [4.78, 5) is 34.2. The summed E-state index contributed by atoms with van der Waals surface area (Å²) >= 11 is 0. The Bertz CT molecular complexity index is 1880. The number of carbonyl (C=O) groups is 1. The predicted octanol–water partition coefficient (Wildman–Crippen LogP) is 7.23. The van der Waals surface area contributed by atoms with E-state index in [1.807, 2.05) is 12.1 Å². The van der Waals surface area contributed by atoms with Crippen LogP contribution in [0.15, 0.2) is 109 Å². The quantitative estimate of drug-likeness (QED) is 0.102. The van der Waals surface area contributed by atoms with Crippen LogP contribution in [0.1, 0.15) is 38.2 Å². The highest BCUT2D eigenvalue weighted by Gasteiger charge is 2.53. The summed E-state index contributed by atoms with van der Waals surface area (Å²) in [6.07, 6.45) is 0. The van der Waals surface area contributed by atoms with Gasteiger partial charge in [-0.25, -0.2) is 4.79 Å². The maximum absolute atomic E-state index is 13.1. The number of hydrogen-bond donors (Lipinski definition) is 0. The Balaban J connectivity index is 1.21. The Hall–Kier alpha value is -6.23. The van der Waals surface area contributed by atoms with Gasteiger partial charge < -0.3 is 18.9 Å². The molecule has 45 heavy (non-hydrogen) atoms. The van der Waals surface area contributed by atoms with Gasteiger partial charge in [0.15, 0.2) is 5.60 Å². The largest absolute Gasteiger partial charge is 0.489 e. The maximum Gasteiger partial charge on any atom is 0.340 e. The molecule has 7 rings (SSSR count). The van der Waals surface area contributed by atoms with Gasteiger partial charge in [-0.2, -0.15) is 0 Å². The van der Waals surface area contributed by atoms with E-state index in [1.54, 1.807) is 72.8 Å². The number of ether oxygens (including phenoxy) is 4. The van der Waals surface area contributed by atoms with E-state index in [0.29, 0.717) is 45.3 Å². The van der Waals surface area contributed by atoms with Crippen LogP contribution in [0.2, 0.25) is 0 Å². The van der Waals surface area contributed by atoms with Crippen molar-refractivity contribution in [3.63, 3.8) is 0 Å². The smallest absolute Gasteiger partial charge is 0.340 e. The Kier molecular flexibility index (Phi) is 6.62. The van der Waals surface area contributed by atoms with Crippen molar-refractivity contribution in [3.8, 4) is 23.0 Å². The molecule has 5 aromatic carbocycles. The van der Waals surface area contributed by atoms with Crippen LogP contribution < -0.4 is 14.2 Å². The fourth-order valence-corrected chi connectivity index (χ4v) is 5.58. The molecule has 0 fully saturated rings. The minimum Gasteiger partial charge on any atom is -0.489 e. The summed E-state index contributed by atoms with van der Waals surface area (Å²) in [5.74, 6) is 1.34. The van der Waals surface area contributed by atoms with E-state index in [1.165, 1.54) is 24.3 Å². The molecule has 222 valence electrons. The molecule has 0 radical (unpaired) electrons. The van der Waals surface area contributed by atoms with E-state index in [2.05, 4.69) is 0 Å². The third kappa shape index (κ3) is 4.85. The van der Waals surface area contributed by atoms with Gasteiger partial charge in [0.2, 0.25) is 0 Å². The van der Waals surface area contributed by atoms with Gasteiger partial charge in [-0.1, -0.05) is 18.2 Å². The highest BCUT2D eigenvalue weighted by molar-refractivity contribution is 5.97. The van der Waals surface area contributed by atoms with Crippen LogP contribution >= 0.6 is 0 Å². The first-order valence-corrected chi connectivity index (χ1v) is 13.8. The van der Waals surface area contributed by atoms with Gasteiger partial charge >= 0.3 is 5.97 Å². The van der Waals surface area contributed by atoms with Crippen molar-refractivity contribution >= 4 is 17.3 Å². The number of hydrogen-bond acceptors (Lipinski definition) is 9. The average molecular weight is 603 g/mol. The van der Waals surface area contributed by atoms with Crippen molar-refractivity contribution in [1.82, 2.24) is 0 Å². The zero-order valence-corrected chi connectivity index (χ0v) is 23.4. The molecular weight excluding hydrogens is 580 g/mol.